The molecule has 0 radical (unpaired) electrons. The highest BCUT2D eigenvalue weighted by atomic mass is 32.7. The molecule has 3 aromatic carbocycles. The molecule has 1 atom stereocenters. The molecule has 3 rings (SSSR count). The van der Waals surface area contributed by atoms with Crippen molar-refractivity contribution < 1.29 is 67.0 Å². The highest BCUT2D eigenvalue weighted by molar-refractivity contribution is 8.40. The van der Waals surface area contributed by atoms with E-state index in [1.54, 1.807) is 35.4 Å². The number of aliphatic carboxylic acids is 1. The number of esters is 2. The van der Waals surface area contributed by atoms with Crippen LogP contribution in [0.5, 0.6) is 34.5 Å². The number of primary amides is 1. The van der Waals surface area contributed by atoms with Gasteiger partial charge in [-0.3, -0.25) is 24.0 Å². The lowest BCUT2D eigenvalue weighted by molar-refractivity contribution is -0.145. The Morgan fingerprint density at radius 3 is 1.30 bits per heavy atom. The van der Waals surface area contributed by atoms with E-state index < -0.39 is 23.8 Å². The lowest BCUT2D eigenvalue weighted by Crippen LogP contribution is -2.23. The number of carbonyl (C=O) groups excluding carboxylic acids is 4. The van der Waals surface area contributed by atoms with Crippen molar-refractivity contribution in [1.29, 1.82) is 0 Å². The highest BCUT2D eigenvalue weighted by Crippen LogP contribution is 2.35. The third-order valence-corrected chi connectivity index (χ3v) is 9.60. The molecule has 22 heteroatoms. The molecule has 9 N–H and O–H groups in total. The highest BCUT2D eigenvalue weighted by Gasteiger charge is 2.18. The average molecular weight is 1080 g/mol. The lowest BCUT2D eigenvalue weighted by Gasteiger charge is -2.23. The lowest BCUT2D eigenvalue weighted by atomic mass is 9.98. The summed E-state index contributed by atoms with van der Waals surface area (Å²) in [7, 11) is 9.71. The molecule has 0 spiro atoms. The smallest absolute Gasteiger partial charge is 0.303 e. The Hall–Kier alpha value is -5.07. The minimum Gasteiger partial charge on any atom is -0.497 e. The van der Waals surface area contributed by atoms with Crippen molar-refractivity contribution >= 4 is 67.3 Å². The van der Waals surface area contributed by atoms with Gasteiger partial charge in [0.1, 0.15) is 52.3 Å². The van der Waals surface area contributed by atoms with Crippen LogP contribution >= 0.6 is 14.1 Å². The number of amides is 1. The van der Waals surface area contributed by atoms with Gasteiger partial charge in [0.15, 0.2) is 12.4 Å². The van der Waals surface area contributed by atoms with E-state index >= 15 is 0 Å². The van der Waals surface area contributed by atoms with Crippen molar-refractivity contribution in [3.05, 3.63) is 71.3 Å². The van der Waals surface area contributed by atoms with Gasteiger partial charge in [0.2, 0.25) is 0 Å². The summed E-state index contributed by atoms with van der Waals surface area (Å²) < 4.78 is 41.5. The molecule has 71 heavy (non-hydrogen) atoms. The first-order chi connectivity index (χ1) is 33.2. The second-order valence-electron chi connectivity index (χ2n) is 14.7. The van der Waals surface area contributed by atoms with Crippen LogP contribution in [0.4, 0.5) is 0 Å². The van der Waals surface area contributed by atoms with E-state index in [0.717, 1.165) is 49.2 Å². The number of ketones is 1. The monoisotopic (exact) mass is 1080 g/mol. The van der Waals surface area contributed by atoms with Gasteiger partial charge in [0.25, 0.3) is 11.9 Å². The summed E-state index contributed by atoms with van der Waals surface area (Å²) in [5.41, 5.74) is 23.5. The molecule has 1 amide bonds. The Morgan fingerprint density at radius 2 is 1.00 bits per heavy atom. The molecule has 0 aliphatic heterocycles. The molecule has 0 saturated heterocycles. The molecule has 3 aromatic rings. The summed E-state index contributed by atoms with van der Waals surface area (Å²) in [6.07, 6.45) is 0.424. The van der Waals surface area contributed by atoms with Gasteiger partial charge in [-0.15, -0.1) is 0 Å². The molecule has 1 unspecified atom stereocenters. The number of carbonyl (C=O) groups is 5. The Kier molecular flexibility index (Phi) is 51.5. The quantitative estimate of drug-likeness (QED) is 0.0700. The largest absolute Gasteiger partial charge is 0.497 e. The van der Waals surface area contributed by atoms with Crippen LogP contribution in [-0.2, 0) is 63.6 Å². The molecule has 0 aliphatic carbocycles. The fourth-order valence-electron chi connectivity index (χ4n) is 4.38. The van der Waals surface area contributed by atoms with Crippen LogP contribution in [-0.4, -0.2) is 94.6 Å². The fourth-order valence-corrected chi connectivity index (χ4v) is 4.38. The number of methoxy groups -OCH3 is 4. The van der Waals surface area contributed by atoms with E-state index in [1.165, 1.54) is 20.9 Å². The van der Waals surface area contributed by atoms with Crippen LogP contribution in [0, 0.1) is 0 Å². The number of hydrogen-bond acceptors (Lipinski definition) is 18. The zero-order valence-electron chi connectivity index (χ0n) is 45.4. The summed E-state index contributed by atoms with van der Waals surface area (Å²) in [4.78, 5) is 49.3. The maximum absolute atomic E-state index is 10.4. The molecule has 406 valence electrons. The summed E-state index contributed by atoms with van der Waals surface area (Å²) in [6, 6.07) is 16.9. The van der Waals surface area contributed by atoms with E-state index in [9.17, 15) is 19.2 Å². The number of nitrogens with two attached hydrogens (primary N) is 4. The minimum absolute atomic E-state index is 0.0507. The van der Waals surface area contributed by atoms with E-state index in [-0.39, 0.29) is 36.2 Å². The molecule has 0 saturated carbocycles. The predicted octanol–water partition coefficient (Wildman–Crippen LogP) is 9.27. The number of ether oxygens (including phenoxy) is 8. The number of carboxylic acids is 1. The van der Waals surface area contributed by atoms with Crippen LogP contribution in [0.1, 0.15) is 126 Å². The van der Waals surface area contributed by atoms with Gasteiger partial charge in [-0.2, -0.15) is 0 Å². The Bertz CT molecular complexity index is 1880. The Balaban J connectivity index is -0.000000193. The maximum atomic E-state index is 10.4. The van der Waals surface area contributed by atoms with Crippen LogP contribution in [0.2, 0.25) is 0 Å². The molecular formula is C49H84N4O14P2S2. The van der Waals surface area contributed by atoms with Crippen molar-refractivity contribution in [2.24, 2.45) is 22.9 Å². The van der Waals surface area contributed by atoms with Crippen molar-refractivity contribution in [3.8, 4) is 34.5 Å². The number of Topliss-reactive ketones (excluding diaryl/α,β-unsaturated/α-hetero) is 1. The third kappa shape index (κ3) is 45.8. The van der Waals surface area contributed by atoms with Crippen LogP contribution in [0.3, 0.4) is 0 Å². The predicted molar refractivity (Wildman–Crippen MR) is 293 cm³/mol. The summed E-state index contributed by atoms with van der Waals surface area (Å²) in [5, 5.41) is 7.42. The number of carboxylic acid groups (broad SMARTS) is 1. The van der Waals surface area contributed by atoms with Gasteiger partial charge in [0.05, 0.1) is 34.5 Å². The van der Waals surface area contributed by atoms with Gasteiger partial charge < -0.3 is 65.9 Å². The third-order valence-electron chi connectivity index (χ3n) is 6.93. The van der Waals surface area contributed by atoms with Gasteiger partial charge >= 0.3 is 11.9 Å². The number of benzene rings is 3. The maximum Gasteiger partial charge on any atom is 0.303 e. The average Bonchev–Trinajstić information content (AvgIpc) is 3.33. The van der Waals surface area contributed by atoms with Crippen molar-refractivity contribution in [1.82, 2.24) is 0 Å². The second-order valence-corrected chi connectivity index (χ2v) is 18.9. The molecular weight excluding hydrogens is 995 g/mol. The summed E-state index contributed by atoms with van der Waals surface area (Å²) in [5.74, 6) is 1.94. The molecule has 0 aromatic heterocycles. The molecule has 0 aliphatic rings. The fraction of sp³-hybridized carbons (Fsp3) is 0.531. The summed E-state index contributed by atoms with van der Waals surface area (Å²) >= 11 is 8.82. The topological polar surface area (TPSA) is 284 Å². The summed E-state index contributed by atoms with van der Waals surface area (Å²) in [6.45, 7) is 25.3. The Labute approximate surface area is 437 Å². The first-order valence-electron chi connectivity index (χ1n) is 22.1. The second kappa shape index (κ2) is 47.3. The van der Waals surface area contributed by atoms with Gasteiger partial charge in [-0.25, -0.2) is 0 Å². The van der Waals surface area contributed by atoms with Gasteiger partial charge in [-0.1, -0.05) is 46.8 Å². The van der Waals surface area contributed by atoms with Gasteiger partial charge in [0, 0.05) is 77.2 Å². The molecule has 18 nitrogen and oxygen atoms in total. The normalized spacial score (nSPS) is 9.89. The zero-order valence-corrected chi connectivity index (χ0v) is 48.8. The van der Waals surface area contributed by atoms with Crippen LogP contribution < -0.4 is 51.4 Å². The standard InChI is InChI=1S/C19H25NO3.C13H21NO3.C6H10O3.C4H7NO3.C2H4O2.2C2H6.CH5N.P2S2/c1-19(2,3)23-14-8-6-13(7-9-14)18(20)16-11-10-15(21-4)12-17(16)22-5;1-13(2,3)17-9-6-11(15-4)10(8-14)12(7-9)16-5;1-3-6(8)4-9-5(2)7;1-3(6)8-2-4(5)7;1-2(3)4;3*1-2;3-1-2-4/h6-12,18H,20H2,1-5H3;6-7H,8,14H2,1-5H3;3-4H2,1-2H3;2H2,1H3,(H2,5,7);1H3,(H,3,4);2*1-2H3;2H2,1H3;. The van der Waals surface area contributed by atoms with E-state index in [4.69, 9.17) is 49.8 Å². The van der Waals surface area contributed by atoms with Crippen molar-refractivity contribution in [2.75, 3.05) is 48.7 Å². The van der Waals surface area contributed by atoms with Gasteiger partial charge in [-0.05, 0) is 102 Å². The van der Waals surface area contributed by atoms with Crippen LogP contribution in [0.25, 0.3) is 0 Å². The van der Waals surface area contributed by atoms with E-state index in [2.05, 4.69) is 44.6 Å². The van der Waals surface area contributed by atoms with Crippen molar-refractivity contribution in [3.63, 3.8) is 0 Å². The first-order valence-corrected chi connectivity index (χ1v) is 26.6. The number of rotatable bonds is 15. The first kappa shape index (κ1) is 77.4. The molecule has 0 heterocycles. The zero-order chi connectivity index (χ0) is 56.9. The van der Waals surface area contributed by atoms with Crippen molar-refractivity contribution in [2.45, 2.75) is 127 Å². The number of hydrogen-bond donors (Lipinski definition) is 5. The minimum atomic E-state index is -0.833. The Morgan fingerprint density at radius 1 is 0.634 bits per heavy atom. The van der Waals surface area contributed by atoms with E-state index in [0.29, 0.717) is 36.0 Å². The SMILES string of the molecule is CC.CC.CC(=O)O.CC(=O)OCC(N)=O.CCC(=O)COC(C)=O.CN.COc1cc(OC(C)(C)C)cc(OC)c1CN.COc1ccc(C(N)c2ccc(OC(C)(C)C)cc2)c(OC)c1.S=PP=S. The molecule has 0 bridgehead atoms. The van der Waals surface area contributed by atoms with E-state index in [1.807, 2.05) is 124 Å². The molecule has 0 fully saturated rings. The van der Waals surface area contributed by atoms with Crippen LogP contribution in [0.15, 0.2) is 54.6 Å².